The van der Waals surface area contributed by atoms with Crippen molar-refractivity contribution in [2.45, 2.75) is 46.1 Å². The smallest absolute Gasteiger partial charge is 0.340 e. The number of hydrogen-bond acceptors (Lipinski definition) is 5. The van der Waals surface area contributed by atoms with Crippen LogP contribution < -0.4 is 5.32 Å². The first-order chi connectivity index (χ1) is 14.0. The Labute approximate surface area is 169 Å². The number of aryl methyl sites for hydroxylation is 2. The van der Waals surface area contributed by atoms with Gasteiger partial charge in [-0.3, -0.25) is 4.79 Å². The van der Waals surface area contributed by atoms with Crippen LogP contribution in [0.5, 0.6) is 0 Å². The van der Waals surface area contributed by atoms with E-state index in [4.69, 9.17) is 4.74 Å². The number of carbonyl (C=O) groups excluding carboxylic acids is 2. The lowest BCUT2D eigenvalue weighted by Gasteiger charge is -2.10. The predicted octanol–water partition coefficient (Wildman–Crippen LogP) is 3.01. The molecule has 150 valence electrons. The summed E-state index contributed by atoms with van der Waals surface area (Å²) in [7, 11) is 0. The molecule has 1 fully saturated rings. The number of nitrogens with zero attached hydrogens (tertiary/aromatic N) is 3. The highest BCUT2D eigenvalue weighted by atomic mass is 16.5. The number of rotatable bonds is 6. The molecule has 0 saturated heterocycles. The average molecular weight is 392 g/mol. The van der Waals surface area contributed by atoms with Gasteiger partial charge >= 0.3 is 5.97 Å². The molecule has 2 heterocycles. The zero-order valence-corrected chi connectivity index (χ0v) is 16.9. The summed E-state index contributed by atoms with van der Waals surface area (Å²) in [6.45, 7) is 5.99. The molecule has 0 aliphatic heterocycles. The fourth-order valence-corrected chi connectivity index (χ4v) is 3.46. The highest BCUT2D eigenvalue weighted by Crippen LogP contribution is 2.24. The number of hydrogen-bond donors (Lipinski definition) is 1. The van der Waals surface area contributed by atoms with Gasteiger partial charge in [-0.05, 0) is 62.4 Å². The lowest BCUT2D eigenvalue weighted by molar-refractivity contribution is 0.0525. The maximum atomic E-state index is 12.4. The molecule has 4 rings (SSSR count). The van der Waals surface area contributed by atoms with Crippen LogP contribution in [0.3, 0.4) is 0 Å². The van der Waals surface area contributed by atoms with Crippen molar-refractivity contribution in [3.63, 3.8) is 0 Å². The molecule has 0 bridgehead atoms. The highest BCUT2D eigenvalue weighted by molar-refractivity contribution is 5.95. The summed E-state index contributed by atoms with van der Waals surface area (Å²) in [5, 5.41) is 7.28. The molecule has 7 nitrogen and oxygen atoms in total. The van der Waals surface area contributed by atoms with Gasteiger partial charge in [0.05, 0.1) is 23.4 Å². The molecule has 29 heavy (non-hydrogen) atoms. The van der Waals surface area contributed by atoms with E-state index in [9.17, 15) is 9.59 Å². The van der Waals surface area contributed by atoms with E-state index in [0.717, 1.165) is 40.7 Å². The van der Waals surface area contributed by atoms with Crippen LogP contribution in [0.15, 0.2) is 30.7 Å². The molecule has 1 saturated carbocycles. The number of carbonyl (C=O) groups is 2. The third kappa shape index (κ3) is 3.85. The van der Waals surface area contributed by atoms with E-state index in [1.807, 2.05) is 32.0 Å². The van der Waals surface area contributed by atoms with Gasteiger partial charge in [-0.15, -0.1) is 0 Å². The number of ether oxygens (including phenoxy) is 1. The van der Waals surface area contributed by atoms with Gasteiger partial charge in [0.25, 0.3) is 5.91 Å². The Kier molecular flexibility index (Phi) is 5.05. The summed E-state index contributed by atoms with van der Waals surface area (Å²) in [5.41, 5.74) is 5.63. The first kappa shape index (κ1) is 19.1. The van der Waals surface area contributed by atoms with Crippen molar-refractivity contribution in [2.75, 3.05) is 6.61 Å². The van der Waals surface area contributed by atoms with E-state index in [-0.39, 0.29) is 11.9 Å². The Bertz CT molecular complexity index is 1100. The zero-order chi connectivity index (χ0) is 20.5. The van der Waals surface area contributed by atoms with E-state index >= 15 is 0 Å². The summed E-state index contributed by atoms with van der Waals surface area (Å²) in [6.07, 6.45) is 5.81. The van der Waals surface area contributed by atoms with E-state index in [2.05, 4.69) is 15.4 Å². The lowest BCUT2D eigenvalue weighted by Crippen LogP contribution is -2.25. The number of aromatic nitrogens is 3. The van der Waals surface area contributed by atoms with Gasteiger partial charge in [0.15, 0.2) is 0 Å². The van der Waals surface area contributed by atoms with Crippen LogP contribution in [0, 0.1) is 13.8 Å². The largest absolute Gasteiger partial charge is 0.462 e. The first-order valence-electron chi connectivity index (χ1n) is 9.87. The molecular weight excluding hydrogens is 368 g/mol. The van der Waals surface area contributed by atoms with Gasteiger partial charge < -0.3 is 10.1 Å². The van der Waals surface area contributed by atoms with Crippen molar-refractivity contribution in [1.29, 1.82) is 0 Å². The van der Waals surface area contributed by atoms with Gasteiger partial charge in [-0.1, -0.05) is 6.07 Å². The molecule has 2 aromatic heterocycles. The second kappa shape index (κ2) is 7.66. The van der Waals surface area contributed by atoms with Gasteiger partial charge in [0, 0.05) is 24.2 Å². The quantitative estimate of drug-likeness (QED) is 0.652. The van der Waals surface area contributed by atoms with Crippen LogP contribution in [0.1, 0.15) is 62.9 Å². The molecule has 0 radical (unpaired) electrons. The third-order valence-electron chi connectivity index (χ3n) is 5.28. The summed E-state index contributed by atoms with van der Waals surface area (Å²) >= 11 is 0. The normalized spacial score (nSPS) is 13.5. The van der Waals surface area contributed by atoms with Crippen LogP contribution >= 0.6 is 0 Å². The second-order valence-corrected chi connectivity index (χ2v) is 7.45. The van der Waals surface area contributed by atoms with Crippen molar-refractivity contribution in [2.24, 2.45) is 0 Å². The third-order valence-corrected chi connectivity index (χ3v) is 5.28. The van der Waals surface area contributed by atoms with Gasteiger partial charge in [-0.2, -0.15) is 5.10 Å². The monoisotopic (exact) mass is 392 g/mol. The Morgan fingerprint density at radius 2 is 2.07 bits per heavy atom. The van der Waals surface area contributed by atoms with Gasteiger partial charge in [0.1, 0.15) is 6.33 Å². The summed E-state index contributed by atoms with van der Waals surface area (Å²) in [5.74, 6) is -0.401. The molecule has 1 aromatic carbocycles. The maximum Gasteiger partial charge on any atom is 0.340 e. The fraction of sp³-hybridized carbons (Fsp3) is 0.364. The number of nitrogens with one attached hydrogen (secondary N) is 1. The molecule has 1 aliphatic rings. The van der Waals surface area contributed by atoms with Crippen molar-refractivity contribution in [3.05, 3.63) is 64.2 Å². The molecule has 0 spiro atoms. The molecule has 1 N–H and O–H groups in total. The van der Waals surface area contributed by atoms with Crippen molar-refractivity contribution in [3.8, 4) is 0 Å². The summed E-state index contributed by atoms with van der Waals surface area (Å²) in [6, 6.07) is 6.06. The van der Waals surface area contributed by atoms with Gasteiger partial charge in [-0.25, -0.2) is 14.3 Å². The van der Waals surface area contributed by atoms with Crippen LogP contribution in [-0.4, -0.2) is 39.1 Å². The SMILES string of the molecule is CCOC(=O)c1cn2ncnc(Cc3cc(C(=O)NC4CC4)ccc3C)c2c1C. The topological polar surface area (TPSA) is 85.6 Å². The molecule has 7 heteroatoms. The maximum absolute atomic E-state index is 12.4. The Balaban J connectivity index is 1.69. The number of benzene rings is 1. The minimum absolute atomic E-state index is 0.0370. The van der Waals surface area contributed by atoms with Crippen LogP contribution in [0.4, 0.5) is 0 Å². The molecule has 3 aromatic rings. The molecule has 0 unspecified atom stereocenters. The van der Waals surface area contributed by atoms with E-state index < -0.39 is 0 Å². The number of fused-ring (bicyclic) bond motifs is 1. The second-order valence-electron chi connectivity index (χ2n) is 7.45. The minimum Gasteiger partial charge on any atom is -0.462 e. The Morgan fingerprint density at radius 3 is 2.79 bits per heavy atom. The van der Waals surface area contributed by atoms with Crippen molar-refractivity contribution in [1.82, 2.24) is 19.9 Å². The van der Waals surface area contributed by atoms with Crippen LogP contribution in [0.2, 0.25) is 0 Å². The lowest BCUT2D eigenvalue weighted by atomic mass is 9.99. The fourth-order valence-electron chi connectivity index (χ4n) is 3.46. The average Bonchev–Trinajstić information content (AvgIpc) is 3.44. The van der Waals surface area contributed by atoms with Crippen LogP contribution in [0.25, 0.3) is 5.52 Å². The van der Waals surface area contributed by atoms with Crippen LogP contribution in [-0.2, 0) is 11.2 Å². The number of esters is 1. The Hall–Kier alpha value is -3.22. The summed E-state index contributed by atoms with van der Waals surface area (Å²) < 4.78 is 6.82. The molecular formula is C22H24N4O3. The van der Waals surface area contributed by atoms with E-state index in [1.54, 1.807) is 17.6 Å². The molecule has 1 amide bonds. The molecule has 1 aliphatic carbocycles. The van der Waals surface area contributed by atoms with E-state index in [0.29, 0.717) is 30.2 Å². The van der Waals surface area contributed by atoms with Gasteiger partial charge in [0.2, 0.25) is 0 Å². The highest BCUT2D eigenvalue weighted by Gasteiger charge is 2.24. The van der Waals surface area contributed by atoms with Crippen molar-refractivity contribution >= 4 is 17.4 Å². The van der Waals surface area contributed by atoms with Crippen molar-refractivity contribution < 1.29 is 14.3 Å². The number of amides is 1. The van der Waals surface area contributed by atoms with E-state index in [1.165, 1.54) is 6.33 Å². The summed E-state index contributed by atoms with van der Waals surface area (Å²) in [4.78, 5) is 29.1. The Morgan fingerprint density at radius 1 is 1.28 bits per heavy atom. The zero-order valence-electron chi connectivity index (χ0n) is 16.9. The molecule has 0 atom stereocenters. The predicted molar refractivity (Wildman–Crippen MR) is 108 cm³/mol. The first-order valence-corrected chi connectivity index (χ1v) is 9.87. The standard InChI is InChI=1S/C22H24N4O3/c1-4-29-22(28)18-11-26-20(14(18)3)19(23-12-24-26)10-16-9-15(6-5-13(16)2)21(27)25-17-7-8-17/h5-6,9,11-12,17H,4,7-8,10H2,1-3H3,(H,25,27). The minimum atomic E-state index is -0.364.